The normalized spacial score (nSPS) is 20.9. The lowest BCUT2D eigenvalue weighted by atomic mass is 9.90. The average molecular weight is 513 g/mol. The highest BCUT2D eigenvalue weighted by atomic mass is 32.2. The van der Waals surface area contributed by atoms with E-state index in [1.165, 1.54) is 10.6 Å². The number of aromatic nitrogens is 3. The Balaban J connectivity index is 1.36. The molecule has 0 spiro atoms. The number of nitrogens with one attached hydrogen (secondary N) is 1. The van der Waals surface area contributed by atoms with Crippen LogP contribution in [-0.4, -0.2) is 42.7 Å². The fourth-order valence-corrected chi connectivity index (χ4v) is 6.49. The van der Waals surface area contributed by atoms with Gasteiger partial charge in [0.25, 0.3) is 5.56 Å². The number of fused-ring (bicyclic) bond motifs is 1. The average Bonchev–Trinajstić information content (AvgIpc) is 2.86. The van der Waals surface area contributed by atoms with Gasteiger partial charge in [0, 0.05) is 18.1 Å². The standard InChI is InChI=1S/C26H29FN4O4S/c27-17-14-22-24(28-15-17)30(20-8-10-36-11-9-20)26(35)31(25(22)34)19-6-4-18(5-7-19)29-23(33)13-16-2-1-3-21(32)12-16/h1-3,12,14-15,18-20,32H,4-11,13H2,(H,29,33). The number of rotatable bonds is 5. The molecule has 0 radical (unpaired) electrons. The van der Waals surface area contributed by atoms with E-state index < -0.39 is 11.4 Å². The van der Waals surface area contributed by atoms with E-state index in [1.54, 1.807) is 28.8 Å². The molecular formula is C26H29FN4O4S. The third-order valence-electron chi connectivity index (χ3n) is 7.18. The molecule has 2 aromatic heterocycles. The summed E-state index contributed by atoms with van der Waals surface area (Å²) in [5.41, 5.74) is 0.110. The van der Waals surface area contributed by atoms with Crippen molar-refractivity contribution in [3.05, 3.63) is 68.7 Å². The number of amides is 1. The topological polar surface area (TPSA) is 106 Å². The smallest absolute Gasteiger partial charge is 0.333 e. The Kier molecular flexibility index (Phi) is 7.13. The number of hydrogen-bond donors (Lipinski definition) is 2. The summed E-state index contributed by atoms with van der Waals surface area (Å²) in [6.07, 6.45) is 5.20. The lowest BCUT2D eigenvalue weighted by Gasteiger charge is -2.31. The molecule has 1 aliphatic carbocycles. The number of phenols is 1. The number of phenolic OH excluding ortho intramolecular Hbond substituents is 1. The lowest BCUT2D eigenvalue weighted by molar-refractivity contribution is -0.121. The Morgan fingerprint density at radius 3 is 2.50 bits per heavy atom. The quantitative estimate of drug-likeness (QED) is 0.543. The number of benzene rings is 1. The first-order valence-electron chi connectivity index (χ1n) is 12.4. The van der Waals surface area contributed by atoms with Gasteiger partial charge in [-0.1, -0.05) is 12.1 Å². The predicted molar refractivity (Wildman–Crippen MR) is 137 cm³/mol. The first-order valence-corrected chi connectivity index (χ1v) is 13.5. The molecule has 3 aromatic rings. The van der Waals surface area contributed by atoms with Crippen molar-refractivity contribution in [2.24, 2.45) is 0 Å². The molecule has 0 bridgehead atoms. The summed E-state index contributed by atoms with van der Waals surface area (Å²) in [6, 6.07) is 7.35. The van der Waals surface area contributed by atoms with Crippen LogP contribution in [0.2, 0.25) is 0 Å². The van der Waals surface area contributed by atoms with E-state index in [2.05, 4.69) is 10.3 Å². The molecule has 190 valence electrons. The summed E-state index contributed by atoms with van der Waals surface area (Å²) >= 11 is 1.84. The third kappa shape index (κ3) is 5.04. The summed E-state index contributed by atoms with van der Waals surface area (Å²) in [4.78, 5) is 43.7. The molecule has 2 aliphatic rings. The summed E-state index contributed by atoms with van der Waals surface area (Å²) in [5.74, 6) is 1.23. The van der Waals surface area contributed by atoms with Gasteiger partial charge in [0.05, 0.1) is 18.0 Å². The Hall–Kier alpha value is -3.14. The fraction of sp³-hybridized carbons (Fsp3) is 0.462. The molecule has 0 atom stereocenters. The van der Waals surface area contributed by atoms with E-state index in [0.29, 0.717) is 25.7 Å². The molecular weight excluding hydrogens is 483 g/mol. The highest BCUT2D eigenvalue weighted by Gasteiger charge is 2.29. The molecule has 10 heteroatoms. The number of thioether (sulfide) groups is 1. The maximum Gasteiger partial charge on any atom is 0.333 e. The van der Waals surface area contributed by atoms with Crippen molar-refractivity contribution < 1.29 is 14.3 Å². The van der Waals surface area contributed by atoms with Crippen molar-refractivity contribution in [3.8, 4) is 5.75 Å². The van der Waals surface area contributed by atoms with E-state index >= 15 is 0 Å². The van der Waals surface area contributed by atoms with Crippen LogP contribution < -0.4 is 16.6 Å². The lowest BCUT2D eigenvalue weighted by Crippen LogP contribution is -2.46. The first-order chi connectivity index (χ1) is 17.4. The third-order valence-corrected chi connectivity index (χ3v) is 8.23. The van der Waals surface area contributed by atoms with E-state index in [-0.39, 0.29) is 52.9 Å². The van der Waals surface area contributed by atoms with Crippen LogP contribution in [0.4, 0.5) is 4.39 Å². The second kappa shape index (κ2) is 10.5. The molecule has 5 rings (SSSR count). The first kappa shape index (κ1) is 24.5. The van der Waals surface area contributed by atoms with Crippen LogP contribution in [0, 0.1) is 5.82 Å². The minimum atomic E-state index is -0.603. The van der Waals surface area contributed by atoms with Gasteiger partial charge in [0.15, 0.2) is 0 Å². The SMILES string of the molecule is O=C(Cc1cccc(O)c1)NC1CCC(n2c(=O)c3cc(F)cnc3n(C3CCSCC3)c2=O)CC1. The molecule has 1 aromatic carbocycles. The van der Waals surface area contributed by atoms with Crippen molar-refractivity contribution in [2.45, 2.75) is 63.1 Å². The van der Waals surface area contributed by atoms with Gasteiger partial charge in [0.2, 0.25) is 5.91 Å². The Morgan fingerprint density at radius 2 is 1.78 bits per heavy atom. The van der Waals surface area contributed by atoms with E-state index in [4.69, 9.17) is 0 Å². The van der Waals surface area contributed by atoms with Crippen molar-refractivity contribution >= 4 is 28.7 Å². The second-order valence-electron chi connectivity index (χ2n) is 9.62. The van der Waals surface area contributed by atoms with Crippen molar-refractivity contribution in [3.63, 3.8) is 0 Å². The minimum Gasteiger partial charge on any atom is -0.508 e. The zero-order valence-electron chi connectivity index (χ0n) is 19.9. The van der Waals surface area contributed by atoms with Crippen LogP contribution in [0.15, 0.2) is 46.1 Å². The van der Waals surface area contributed by atoms with Gasteiger partial charge >= 0.3 is 5.69 Å². The number of carbonyl (C=O) groups excluding carboxylic acids is 1. The summed E-state index contributed by atoms with van der Waals surface area (Å²) < 4.78 is 17.0. The van der Waals surface area contributed by atoms with E-state index in [1.807, 2.05) is 11.8 Å². The molecule has 0 unspecified atom stereocenters. The van der Waals surface area contributed by atoms with Crippen molar-refractivity contribution in [1.82, 2.24) is 19.4 Å². The van der Waals surface area contributed by atoms with Gasteiger partial charge in [-0.25, -0.2) is 14.2 Å². The minimum absolute atomic E-state index is 0.0566. The maximum atomic E-state index is 14.1. The van der Waals surface area contributed by atoms with Crippen LogP contribution in [0.1, 0.15) is 56.2 Å². The Labute approximate surface area is 211 Å². The monoisotopic (exact) mass is 512 g/mol. The van der Waals surface area contributed by atoms with Gasteiger partial charge in [0.1, 0.15) is 17.2 Å². The number of nitrogens with zero attached hydrogens (tertiary/aromatic N) is 3. The van der Waals surface area contributed by atoms with Crippen molar-refractivity contribution in [2.75, 3.05) is 11.5 Å². The fourth-order valence-electron chi connectivity index (χ4n) is 5.41. The second-order valence-corrected chi connectivity index (χ2v) is 10.8. The van der Waals surface area contributed by atoms with Crippen LogP contribution in [-0.2, 0) is 11.2 Å². The molecule has 1 amide bonds. The zero-order chi connectivity index (χ0) is 25.2. The highest BCUT2D eigenvalue weighted by Crippen LogP contribution is 2.30. The zero-order valence-corrected chi connectivity index (χ0v) is 20.7. The van der Waals surface area contributed by atoms with E-state index in [9.17, 15) is 23.9 Å². The van der Waals surface area contributed by atoms with Gasteiger partial charge in [-0.3, -0.25) is 18.7 Å². The predicted octanol–water partition coefficient (Wildman–Crippen LogP) is 3.31. The largest absolute Gasteiger partial charge is 0.508 e. The van der Waals surface area contributed by atoms with Gasteiger partial charge in [-0.05, 0) is 73.8 Å². The highest BCUT2D eigenvalue weighted by molar-refractivity contribution is 7.99. The van der Waals surface area contributed by atoms with Crippen LogP contribution in [0.5, 0.6) is 5.75 Å². The van der Waals surface area contributed by atoms with E-state index in [0.717, 1.165) is 36.1 Å². The molecule has 1 aliphatic heterocycles. The molecule has 1 saturated carbocycles. The molecule has 8 nitrogen and oxygen atoms in total. The Morgan fingerprint density at radius 1 is 1.06 bits per heavy atom. The maximum absolute atomic E-state index is 14.1. The molecule has 1 saturated heterocycles. The van der Waals surface area contributed by atoms with Crippen molar-refractivity contribution in [1.29, 1.82) is 0 Å². The summed E-state index contributed by atoms with van der Waals surface area (Å²) in [6.45, 7) is 0. The molecule has 3 heterocycles. The number of halogens is 1. The van der Waals surface area contributed by atoms with Crippen LogP contribution in [0.25, 0.3) is 11.0 Å². The van der Waals surface area contributed by atoms with Gasteiger partial charge in [-0.15, -0.1) is 0 Å². The Bertz CT molecular complexity index is 1390. The number of pyridine rings is 1. The summed E-state index contributed by atoms with van der Waals surface area (Å²) in [7, 11) is 0. The van der Waals surface area contributed by atoms with Crippen LogP contribution >= 0.6 is 11.8 Å². The summed E-state index contributed by atoms with van der Waals surface area (Å²) in [5, 5.41) is 12.8. The molecule has 36 heavy (non-hydrogen) atoms. The number of aromatic hydroxyl groups is 1. The van der Waals surface area contributed by atoms with Crippen LogP contribution in [0.3, 0.4) is 0 Å². The number of carbonyl (C=O) groups is 1. The molecule has 2 fully saturated rings. The number of hydrogen-bond acceptors (Lipinski definition) is 6. The van der Waals surface area contributed by atoms with Gasteiger partial charge in [-0.2, -0.15) is 11.8 Å². The molecule has 2 N–H and O–H groups in total. The van der Waals surface area contributed by atoms with Gasteiger partial charge < -0.3 is 10.4 Å².